The van der Waals surface area contributed by atoms with Crippen LogP contribution >= 0.6 is 0 Å². The van der Waals surface area contributed by atoms with Gasteiger partial charge < -0.3 is 14.7 Å². The third kappa shape index (κ3) is 2.35. The van der Waals surface area contributed by atoms with Crippen LogP contribution in [0.2, 0.25) is 0 Å². The molecule has 0 radical (unpaired) electrons. The molecule has 2 aliphatic rings. The number of nitrogens with one attached hydrogen (secondary N) is 1. The van der Waals surface area contributed by atoms with Crippen LogP contribution in [0.5, 0.6) is 0 Å². The molecule has 1 aromatic rings. The van der Waals surface area contributed by atoms with Crippen molar-refractivity contribution in [3.63, 3.8) is 0 Å². The Labute approximate surface area is 102 Å². The van der Waals surface area contributed by atoms with E-state index in [0.29, 0.717) is 12.0 Å². The van der Waals surface area contributed by atoms with E-state index >= 15 is 0 Å². The van der Waals surface area contributed by atoms with Gasteiger partial charge in [-0.15, -0.1) is 0 Å². The first-order chi connectivity index (χ1) is 8.33. The summed E-state index contributed by atoms with van der Waals surface area (Å²) in [6.45, 7) is 3.24. The van der Waals surface area contributed by atoms with Gasteiger partial charge in [0.15, 0.2) is 5.82 Å². The first-order valence-corrected chi connectivity index (χ1v) is 6.58. The van der Waals surface area contributed by atoms with Crippen LogP contribution in [0.3, 0.4) is 0 Å². The maximum Gasteiger partial charge on any atom is 0.231 e. The van der Waals surface area contributed by atoms with Crippen molar-refractivity contribution < 1.29 is 4.52 Å². The maximum absolute atomic E-state index is 5.42. The highest BCUT2D eigenvalue weighted by atomic mass is 16.5. The molecule has 0 aliphatic carbocycles. The first-order valence-electron chi connectivity index (χ1n) is 6.58. The molecule has 1 N–H and O–H groups in total. The van der Waals surface area contributed by atoms with Crippen LogP contribution in [0.15, 0.2) is 4.52 Å². The smallest absolute Gasteiger partial charge is 0.231 e. The minimum Gasteiger partial charge on any atom is -0.339 e. The molecule has 17 heavy (non-hydrogen) atoms. The lowest BCUT2D eigenvalue weighted by Gasteiger charge is -2.19. The Bertz CT molecular complexity index is 353. The highest BCUT2D eigenvalue weighted by molar-refractivity contribution is 5.01. The van der Waals surface area contributed by atoms with Gasteiger partial charge in [0.2, 0.25) is 5.89 Å². The van der Waals surface area contributed by atoms with Crippen LogP contribution in [-0.4, -0.2) is 41.7 Å². The molecule has 0 aromatic carbocycles. The standard InChI is InChI=1S/C12H20N4O/c1-16-7-5-9(8-16)12-14-11(15-17-12)10-4-2-3-6-13-10/h9-10,13H,2-8H2,1H3. The van der Waals surface area contributed by atoms with Gasteiger partial charge in [-0.05, 0) is 39.4 Å². The maximum atomic E-state index is 5.42. The highest BCUT2D eigenvalue weighted by Gasteiger charge is 2.28. The summed E-state index contributed by atoms with van der Waals surface area (Å²) in [4.78, 5) is 6.90. The number of hydrogen-bond donors (Lipinski definition) is 1. The predicted octanol–water partition coefficient (Wildman–Crippen LogP) is 1.30. The van der Waals surface area contributed by atoms with Crippen LogP contribution in [0.1, 0.15) is 49.4 Å². The van der Waals surface area contributed by atoms with E-state index < -0.39 is 0 Å². The number of hydrogen-bond acceptors (Lipinski definition) is 5. The topological polar surface area (TPSA) is 54.2 Å². The van der Waals surface area contributed by atoms with Crippen molar-refractivity contribution in [2.24, 2.45) is 0 Å². The fourth-order valence-electron chi connectivity index (χ4n) is 2.76. The number of likely N-dealkylation sites (tertiary alicyclic amines) is 1. The molecule has 5 nitrogen and oxygen atoms in total. The summed E-state index contributed by atoms with van der Waals surface area (Å²) in [7, 11) is 2.14. The zero-order valence-electron chi connectivity index (χ0n) is 10.4. The first kappa shape index (κ1) is 11.2. The largest absolute Gasteiger partial charge is 0.339 e. The molecule has 5 heteroatoms. The van der Waals surface area contributed by atoms with E-state index in [9.17, 15) is 0 Å². The van der Waals surface area contributed by atoms with E-state index in [1.54, 1.807) is 0 Å². The molecule has 2 aliphatic heterocycles. The van der Waals surface area contributed by atoms with Gasteiger partial charge in [-0.2, -0.15) is 4.98 Å². The molecule has 0 saturated carbocycles. The van der Waals surface area contributed by atoms with E-state index in [1.807, 2.05) is 0 Å². The van der Waals surface area contributed by atoms with Gasteiger partial charge in [-0.3, -0.25) is 0 Å². The molecule has 2 unspecified atom stereocenters. The Kier molecular flexibility index (Phi) is 3.11. The molecule has 0 spiro atoms. The fraction of sp³-hybridized carbons (Fsp3) is 0.833. The van der Waals surface area contributed by atoms with Crippen molar-refractivity contribution in [3.05, 3.63) is 11.7 Å². The zero-order valence-corrected chi connectivity index (χ0v) is 10.4. The SMILES string of the molecule is CN1CCC(c2nc(C3CCCCN3)no2)C1. The molecule has 3 heterocycles. The molecule has 0 amide bonds. The summed E-state index contributed by atoms with van der Waals surface area (Å²) in [6.07, 6.45) is 4.78. The zero-order chi connectivity index (χ0) is 11.7. The monoisotopic (exact) mass is 236 g/mol. The van der Waals surface area contributed by atoms with E-state index in [4.69, 9.17) is 4.52 Å². The Morgan fingerprint density at radius 3 is 3.00 bits per heavy atom. The summed E-state index contributed by atoms with van der Waals surface area (Å²) < 4.78 is 5.42. The van der Waals surface area contributed by atoms with Crippen molar-refractivity contribution >= 4 is 0 Å². The fourth-order valence-corrected chi connectivity index (χ4v) is 2.76. The second kappa shape index (κ2) is 4.74. The number of rotatable bonds is 2. The van der Waals surface area contributed by atoms with Crippen molar-refractivity contribution in [3.8, 4) is 0 Å². The van der Waals surface area contributed by atoms with E-state index in [1.165, 1.54) is 12.8 Å². The van der Waals surface area contributed by atoms with Gasteiger partial charge in [0.1, 0.15) is 0 Å². The van der Waals surface area contributed by atoms with Crippen LogP contribution < -0.4 is 5.32 Å². The van der Waals surface area contributed by atoms with Crippen molar-refractivity contribution in [1.82, 2.24) is 20.4 Å². The lowest BCUT2D eigenvalue weighted by Crippen LogP contribution is -2.27. The third-order valence-electron chi connectivity index (χ3n) is 3.82. The predicted molar refractivity (Wildman–Crippen MR) is 63.7 cm³/mol. The van der Waals surface area contributed by atoms with Crippen LogP contribution in [0, 0.1) is 0 Å². The lowest BCUT2D eigenvalue weighted by molar-refractivity contribution is 0.330. The molecule has 2 atom stereocenters. The Morgan fingerprint density at radius 2 is 2.29 bits per heavy atom. The van der Waals surface area contributed by atoms with Gasteiger partial charge in [0.25, 0.3) is 0 Å². The molecule has 94 valence electrons. The van der Waals surface area contributed by atoms with E-state index in [0.717, 1.165) is 44.2 Å². The molecular formula is C12H20N4O. The second-order valence-corrected chi connectivity index (χ2v) is 5.24. The summed E-state index contributed by atoms with van der Waals surface area (Å²) in [5.41, 5.74) is 0. The van der Waals surface area contributed by atoms with Gasteiger partial charge >= 0.3 is 0 Å². The van der Waals surface area contributed by atoms with Gasteiger partial charge in [-0.25, -0.2) is 0 Å². The summed E-state index contributed by atoms with van der Waals surface area (Å²) in [5, 5.41) is 7.60. The van der Waals surface area contributed by atoms with Crippen molar-refractivity contribution in [2.75, 3.05) is 26.7 Å². The third-order valence-corrected chi connectivity index (χ3v) is 3.82. The van der Waals surface area contributed by atoms with Crippen LogP contribution in [0.4, 0.5) is 0 Å². The van der Waals surface area contributed by atoms with Gasteiger partial charge in [0, 0.05) is 6.54 Å². The average molecular weight is 236 g/mol. The normalized spacial score (nSPS) is 30.9. The van der Waals surface area contributed by atoms with E-state index in [2.05, 4.69) is 27.4 Å². The second-order valence-electron chi connectivity index (χ2n) is 5.24. The number of aromatic nitrogens is 2. The van der Waals surface area contributed by atoms with E-state index in [-0.39, 0.29) is 0 Å². The quantitative estimate of drug-likeness (QED) is 0.839. The summed E-state index contributed by atoms with van der Waals surface area (Å²) in [5.74, 6) is 2.12. The Balaban J connectivity index is 1.69. The number of piperidine rings is 1. The summed E-state index contributed by atoms with van der Waals surface area (Å²) in [6, 6.07) is 0.306. The van der Waals surface area contributed by atoms with Gasteiger partial charge in [0.05, 0.1) is 12.0 Å². The molecule has 3 rings (SSSR count). The van der Waals surface area contributed by atoms with Crippen molar-refractivity contribution in [2.45, 2.75) is 37.6 Å². The molecule has 0 bridgehead atoms. The van der Waals surface area contributed by atoms with Crippen molar-refractivity contribution in [1.29, 1.82) is 0 Å². The Morgan fingerprint density at radius 1 is 1.35 bits per heavy atom. The molecule has 1 aromatic heterocycles. The average Bonchev–Trinajstić information content (AvgIpc) is 2.98. The minimum atomic E-state index is 0.306. The van der Waals surface area contributed by atoms with Crippen LogP contribution in [0.25, 0.3) is 0 Å². The molecule has 2 saturated heterocycles. The summed E-state index contributed by atoms with van der Waals surface area (Å²) >= 11 is 0. The number of likely N-dealkylation sites (N-methyl/N-ethyl adjacent to an activating group) is 1. The molecular weight excluding hydrogens is 216 g/mol. The number of nitrogens with zero attached hydrogens (tertiary/aromatic N) is 3. The minimum absolute atomic E-state index is 0.306. The lowest BCUT2D eigenvalue weighted by atomic mass is 10.0. The highest BCUT2D eigenvalue weighted by Crippen LogP contribution is 2.27. The van der Waals surface area contributed by atoms with Crippen LogP contribution in [-0.2, 0) is 0 Å². The van der Waals surface area contributed by atoms with Gasteiger partial charge in [-0.1, -0.05) is 11.6 Å². The Hall–Kier alpha value is -0.940. The molecule has 2 fully saturated rings.